The van der Waals surface area contributed by atoms with Crippen LogP contribution in [0.1, 0.15) is 38.1 Å². The van der Waals surface area contributed by atoms with Gasteiger partial charge in [-0.25, -0.2) is 4.79 Å². The Bertz CT molecular complexity index is 934. The molecule has 3 rings (SSSR count). The molecule has 0 spiro atoms. The second kappa shape index (κ2) is 8.56. The number of amides is 1. The summed E-state index contributed by atoms with van der Waals surface area (Å²) in [5.41, 5.74) is 2.54. The molecule has 0 unspecified atom stereocenters. The lowest BCUT2D eigenvalue weighted by atomic mass is 10.2. The molecule has 1 atom stereocenters. The molecule has 28 heavy (non-hydrogen) atoms. The van der Waals surface area contributed by atoms with Gasteiger partial charge in [-0.2, -0.15) is 5.10 Å². The molecule has 0 aliphatic rings. The quantitative estimate of drug-likeness (QED) is 0.626. The number of aromatic nitrogens is 2. The predicted molar refractivity (Wildman–Crippen MR) is 114 cm³/mol. The highest BCUT2D eigenvalue weighted by atomic mass is 32.1. The number of carbonyl (C=O) groups is 1. The van der Waals surface area contributed by atoms with Gasteiger partial charge in [-0.05, 0) is 39.3 Å². The van der Waals surface area contributed by atoms with Crippen molar-refractivity contribution in [2.75, 3.05) is 5.32 Å². The van der Waals surface area contributed by atoms with Crippen molar-refractivity contribution >= 4 is 33.3 Å². The number of carbonyl (C=O) groups excluding carboxylic acids is 1. The van der Waals surface area contributed by atoms with Crippen LogP contribution in [-0.4, -0.2) is 27.9 Å². The van der Waals surface area contributed by atoms with Crippen LogP contribution in [0.4, 0.5) is 10.5 Å². The fourth-order valence-electron chi connectivity index (χ4n) is 2.79. The Morgan fingerprint density at radius 3 is 2.71 bits per heavy atom. The van der Waals surface area contributed by atoms with Crippen LogP contribution in [-0.2, 0) is 17.7 Å². The predicted octanol–water partition coefficient (Wildman–Crippen LogP) is 4.76. The number of rotatable bonds is 6. The Morgan fingerprint density at radius 1 is 1.25 bits per heavy atom. The number of nitrogens with zero attached hydrogens (tertiary/aromatic N) is 2. The van der Waals surface area contributed by atoms with E-state index in [1.54, 1.807) is 17.5 Å². The van der Waals surface area contributed by atoms with Crippen LogP contribution in [0.15, 0.2) is 42.6 Å². The Hall–Kier alpha value is -2.67. The number of benzene rings is 1. The third kappa shape index (κ3) is 5.66. The van der Waals surface area contributed by atoms with Crippen LogP contribution in [0.25, 0.3) is 10.2 Å². The zero-order valence-corrected chi connectivity index (χ0v) is 17.5. The molecule has 2 aromatic heterocycles. The summed E-state index contributed by atoms with van der Waals surface area (Å²) < 4.78 is 6.39. The van der Waals surface area contributed by atoms with Crippen molar-refractivity contribution in [1.29, 1.82) is 0 Å². The van der Waals surface area contributed by atoms with E-state index in [0.29, 0.717) is 6.42 Å². The molecule has 0 saturated heterocycles. The first kappa shape index (κ1) is 20.1. The normalized spacial score (nSPS) is 12.6. The highest BCUT2D eigenvalue weighted by Gasteiger charge is 2.18. The average Bonchev–Trinajstić information content (AvgIpc) is 3.01. The van der Waals surface area contributed by atoms with Gasteiger partial charge in [-0.3, -0.25) is 0 Å². The van der Waals surface area contributed by atoms with E-state index in [9.17, 15) is 4.79 Å². The summed E-state index contributed by atoms with van der Waals surface area (Å²) in [4.78, 5) is 13.1. The molecule has 0 bridgehead atoms. The van der Waals surface area contributed by atoms with Gasteiger partial charge >= 0.3 is 6.09 Å². The maximum absolute atomic E-state index is 11.9. The maximum atomic E-state index is 11.9. The van der Waals surface area contributed by atoms with Gasteiger partial charge in [0.15, 0.2) is 0 Å². The first-order chi connectivity index (χ1) is 13.3. The van der Waals surface area contributed by atoms with Crippen LogP contribution in [0.5, 0.6) is 0 Å². The van der Waals surface area contributed by atoms with E-state index in [4.69, 9.17) is 4.74 Å². The standard InChI is InChI=1S/C21H26N4O2S/c1-14(24-20(26)27-21(2,3)4)10-16-11-17-19(28-16)18(13-23-25-17)22-12-15-8-6-5-7-9-15/h5-9,11,13-14H,10,12H2,1-4H3,(H,22,25)(H,24,26)/t14-/m0/s1. The lowest BCUT2D eigenvalue weighted by Crippen LogP contribution is -2.38. The fraction of sp³-hybridized carbons (Fsp3) is 0.381. The van der Waals surface area contributed by atoms with E-state index in [1.807, 2.05) is 52.0 Å². The second-order valence-corrected chi connectivity index (χ2v) is 8.91. The van der Waals surface area contributed by atoms with E-state index in [2.05, 4.69) is 33.0 Å². The minimum atomic E-state index is -0.504. The van der Waals surface area contributed by atoms with Crippen LogP contribution < -0.4 is 10.6 Å². The van der Waals surface area contributed by atoms with Gasteiger partial charge in [0.1, 0.15) is 11.1 Å². The maximum Gasteiger partial charge on any atom is 0.407 e. The molecule has 2 heterocycles. The van der Waals surface area contributed by atoms with Gasteiger partial charge < -0.3 is 15.4 Å². The van der Waals surface area contributed by atoms with Crippen molar-refractivity contribution in [2.24, 2.45) is 0 Å². The highest BCUT2D eigenvalue weighted by molar-refractivity contribution is 7.19. The number of hydrogen-bond donors (Lipinski definition) is 2. The Balaban J connectivity index is 1.66. The summed E-state index contributed by atoms with van der Waals surface area (Å²) >= 11 is 1.67. The van der Waals surface area contributed by atoms with Crippen LogP contribution in [0.2, 0.25) is 0 Å². The Morgan fingerprint density at radius 2 is 2.00 bits per heavy atom. The van der Waals surface area contributed by atoms with Gasteiger partial charge in [0, 0.05) is 23.9 Å². The number of nitrogens with one attached hydrogen (secondary N) is 2. The van der Waals surface area contributed by atoms with E-state index in [0.717, 1.165) is 27.3 Å². The molecule has 0 fully saturated rings. The van der Waals surface area contributed by atoms with Gasteiger partial charge in [0.05, 0.1) is 16.6 Å². The van der Waals surface area contributed by atoms with E-state index >= 15 is 0 Å². The van der Waals surface area contributed by atoms with Crippen LogP contribution in [0.3, 0.4) is 0 Å². The monoisotopic (exact) mass is 398 g/mol. The molecule has 0 aliphatic heterocycles. The molecular formula is C21H26N4O2S. The van der Waals surface area contributed by atoms with Crippen molar-refractivity contribution in [2.45, 2.75) is 52.3 Å². The number of thiophene rings is 1. The summed E-state index contributed by atoms with van der Waals surface area (Å²) in [7, 11) is 0. The number of fused-ring (bicyclic) bond motifs is 1. The van der Waals surface area contributed by atoms with E-state index < -0.39 is 11.7 Å². The lowest BCUT2D eigenvalue weighted by Gasteiger charge is -2.21. The van der Waals surface area contributed by atoms with Crippen molar-refractivity contribution < 1.29 is 9.53 Å². The zero-order chi connectivity index (χ0) is 20.1. The molecule has 3 aromatic rings. The second-order valence-electron chi connectivity index (χ2n) is 7.78. The minimum Gasteiger partial charge on any atom is -0.444 e. The van der Waals surface area contributed by atoms with E-state index in [-0.39, 0.29) is 6.04 Å². The third-order valence-electron chi connectivity index (χ3n) is 3.96. The lowest BCUT2D eigenvalue weighted by molar-refractivity contribution is 0.0509. The topological polar surface area (TPSA) is 76.1 Å². The van der Waals surface area contributed by atoms with Crippen LogP contribution >= 0.6 is 11.3 Å². The molecule has 0 radical (unpaired) electrons. The van der Waals surface area contributed by atoms with Crippen molar-refractivity contribution in [1.82, 2.24) is 15.5 Å². The molecule has 1 aromatic carbocycles. The summed E-state index contributed by atoms with van der Waals surface area (Å²) in [6.07, 6.45) is 2.07. The van der Waals surface area contributed by atoms with Crippen LogP contribution in [0, 0.1) is 0 Å². The molecule has 148 valence electrons. The largest absolute Gasteiger partial charge is 0.444 e. The van der Waals surface area contributed by atoms with Crippen molar-refractivity contribution in [3.05, 3.63) is 53.0 Å². The number of anilines is 1. The molecule has 6 nitrogen and oxygen atoms in total. The fourth-order valence-corrected chi connectivity index (χ4v) is 3.99. The Labute approximate surface area is 169 Å². The molecular weight excluding hydrogens is 372 g/mol. The number of hydrogen-bond acceptors (Lipinski definition) is 6. The summed E-state index contributed by atoms with van der Waals surface area (Å²) in [6.45, 7) is 8.25. The smallest absolute Gasteiger partial charge is 0.407 e. The zero-order valence-electron chi connectivity index (χ0n) is 16.7. The van der Waals surface area contributed by atoms with Gasteiger partial charge in [0.25, 0.3) is 0 Å². The van der Waals surface area contributed by atoms with Gasteiger partial charge in [0.2, 0.25) is 0 Å². The molecule has 1 amide bonds. The Kier molecular flexibility index (Phi) is 6.14. The minimum absolute atomic E-state index is 0.0448. The third-order valence-corrected chi connectivity index (χ3v) is 5.14. The molecule has 2 N–H and O–H groups in total. The first-order valence-electron chi connectivity index (χ1n) is 9.31. The van der Waals surface area contributed by atoms with Crippen molar-refractivity contribution in [3.8, 4) is 0 Å². The molecule has 0 saturated carbocycles. The SMILES string of the molecule is C[C@@H](Cc1cc2nncc(NCc3ccccc3)c2s1)NC(=O)OC(C)(C)C. The summed E-state index contributed by atoms with van der Waals surface area (Å²) in [6, 6.07) is 12.2. The van der Waals surface area contributed by atoms with Gasteiger partial charge in [-0.15, -0.1) is 16.4 Å². The highest BCUT2D eigenvalue weighted by Crippen LogP contribution is 2.31. The number of ether oxygens (including phenoxy) is 1. The summed E-state index contributed by atoms with van der Waals surface area (Å²) in [5, 5.41) is 14.7. The molecule has 0 aliphatic carbocycles. The first-order valence-corrected chi connectivity index (χ1v) is 10.1. The van der Waals surface area contributed by atoms with E-state index in [1.165, 1.54) is 5.56 Å². The van der Waals surface area contributed by atoms with Crippen molar-refractivity contribution in [3.63, 3.8) is 0 Å². The molecule has 7 heteroatoms. The summed E-state index contributed by atoms with van der Waals surface area (Å²) in [5.74, 6) is 0. The average molecular weight is 399 g/mol. The number of alkyl carbamates (subject to hydrolysis) is 1. The van der Waals surface area contributed by atoms with Gasteiger partial charge in [-0.1, -0.05) is 30.3 Å².